The van der Waals surface area contributed by atoms with E-state index in [4.69, 9.17) is 0 Å². The summed E-state index contributed by atoms with van der Waals surface area (Å²) in [5, 5.41) is 7.75. The summed E-state index contributed by atoms with van der Waals surface area (Å²) in [6, 6.07) is 2.03. The lowest BCUT2D eigenvalue weighted by Crippen LogP contribution is -2.50. The van der Waals surface area contributed by atoms with Crippen LogP contribution in [-0.2, 0) is 16.1 Å². The van der Waals surface area contributed by atoms with E-state index in [2.05, 4.69) is 10.4 Å². The van der Waals surface area contributed by atoms with E-state index in [9.17, 15) is 9.59 Å². The molecule has 1 atom stereocenters. The molecule has 7 nitrogen and oxygen atoms in total. The van der Waals surface area contributed by atoms with Crippen molar-refractivity contribution in [3.8, 4) is 0 Å². The standard InChI is InChI=1S/C16H25N5O2/c1-13(22)19-7-9-20(10-8-19)16(23)12-21-15(4-6-18-21)14-3-2-5-17-11-14/h4,6,14,17H,2-3,5,7-12H2,1H3. The summed E-state index contributed by atoms with van der Waals surface area (Å²) in [5.74, 6) is 0.604. The SMILES string of the molecule is CC(=O)N1CCN(C(=O)Cn2nccc2C2CCCNC2)CC1. The van der Waals surface area contributed by atoms with E-state index in [1.807, 2.05) is 15.6 Å². The molecule has 2 amide bonds. The zero-order valence-corrected chi connectivity index (χ0v) is 13.7. The molecule has 23 heavy (non-hydrogen) atoms. The highest BCUT2D eigenvalue weighted by Gasteiger charge is 2.24. The van der Waals surface area contributed by atoms with Crippen LogP contribution in [0.15, 0.2) is 12.3 Å². The molecule has 7 heteroatoms. The molecule has 3 rings (SSSR count). The second kappa shape index (κ2) is 7.12. The predicted molar refractivity (Wildman–Crippen MR) is 85.9 cm³/mol. The van der Waals surface area contributed by atoms with Gasteiger partial charge in [0.25, 0.3) is 0 Å². The van der Waals surface area contributed by atoms with Gasteiger partial charge in [0.1, 0.15) is 6.54 Å². The van der Waals surface area contributed by atoms with Crippen molar-refractivity contribution in [2.24, 2.45) is 0 Å². The van der Waals surface area contributed by atoms with Gasteiger partial charge >= 0.3 is 0 Å². The van der Waals surface area contributed by atoms with E-state index in [1.165, 1.54) is 0 Å². The Labute approximate surface area is 136 Å². The molecule has 0 bridgehead atoms. The average molecular weight is 319 g/mol. The number of carbonyl (C=O) groups excluding carboxylic acids is 2. The predicted octanol–water partition coefficient (Wildman–Crippen LogP) is 0.0408. The molecule has 126 valence electrons. The molecule has 2 aliphatic rings. The molecular formula is C16H25N5O2. The lowest BCUT2D eigenvalue weighted by molar-refractivity contribution is -0.139. The number of piperidine rings is 1. The van der Waals surface area contributed by atoms with Crippen LogP contribution in [0.25, 0.3) is 0 Å². The molecule has 2 aliphatic heterocycles. The minimum atomic E-state index is 0.0799. The number of piperazine rings is 1. The zero-order valence-electron chi connectivity index (χ0n) is 13.7. The second-order valence-electron chi connectivity index (χ2n) is 6.34. The van der Waals surface area contributed by atoms with Crippen LogP contribution in [0.5, 0.6) is 0 Å². The van der Waals surface area contributed by atoms with E-state index < -0.39 is 0 Å². The van der Waals surface area contributed by atoms with Crippen molar-refractivity contribution in [3.63, 3.8) is 0 Å². The lowest BCUT2D eigenvalue weighted by Gasteiger charge is -2.34. The summed E-state index contributed by atoms with van der Waals surface area (Å²) in [7, 11) is 0. The van der Waals surface area contributed by atoms with E-state index in [1.54, 1.807) is 18.0 Å². The molecule has 0 spiro atoms. The molecule has 2 saturated heterocycles. The summed E-state index contributed by atoms with van der Waals surface area (Å²) in [6.07, 6.45) is 4.09. The van der Waals surface area contributed by atoms with Gasteiger partial charge in [0, 0.05) is 57.5 Å². The fraction of sp³-hybridized carbons (Fsp3) is 0.688. The lowest BCUT2D eigenvalue weighted by atomic mass is 9.96. The highest BCUT2D eigenvalue weighted by atomic mass is 16.2. The maximum atomic E-state index is 12.5. The Hall–Kier alpha value is -1.89. The molecule has 1 aromatic rings. The van der Waals surface area contributed by atoms with Crippen LogP contribution in [0.3, 0.4) is 0 Å². The minimum absolute atomic E-state index is 0.0799. The number of aromatic nitrogens is 2. The van der Waals surface area contributed by atoms with E-state index in [0.29, 0.717) is 38.6 Å². The largest absolute Gasteiger partial charge is 0.339 e. The van der Waals surface area contributed by atoms with Gasteiger partial charge in [-0.25, -0.2) is 0 Å². The van der Waals surface area contributed by atoms with Gasteiger partial charge in [0.15, 0.2) is 0 Å². The second-order valence-corrected chi connectivity index (χ2v) is 6.34. The van der Waals surface area contributed by atoms with E-state index >= 15 is 0 Å². The number of nitrogens with one attached hydrogen (secondary N) is 1. The van der Waals surface area contributed by atoms with Crippen molar-refractivity contribution in [3.05, 3.63) is 18.0 Å². The number of hydrogen-bond donors (Lipinski definition) is 1. The highest BCUT2D eigenvalue weighted by molar-refractivity contribution is 5.77. The van der Waals surface area contributed by atoms with Gasteiger partial charge in [-0.3, -0.25) is 14.3 Å². The Balaban J connectivity index is 1.58. The Morgan fingerprint density at radius 3 is 2.65 bits per heavy atom. The molecule has 2 fully saturated rings. The molecule has 0 aromatic carbocycles. The van der Waals surface area contributed by atoms with Crippen LogP contribution in [0.4, 0.5) is 0 Å². The van der Waals surface area contributed by atoms with Gasteiger partial charge in [0.2, 0.25) is 11.8 Å². The number of amides is 2. The Morgan fingerprint density at radius 2 is 2.00 bits per heavy atom. The third-order valence-electron chi connectivity index (χ3n) is 4.83. The van der Waals surface area contributed by atoms with Crippen molar-refractivity contribution in [2.75, 3.05) is 39.3 Å². The van der Waals surface area contributed by atoms with Crippen molar-refractivity contribution >= 4 is 11.8 Å². The van der Waals surface area contributed by atoms with Crippen LogP contribution < -0.4 is 5.32 Å². The van der Waals surface area contributed by atoms with Crippen LogP contribution >= 0.6 is 0 Å². The first kappa shape index (κ1) is 16.0. The van der Waals surface area contributed by atoms with Crippen LogP contribution in [0.1, 0.15) is 31.4 Å². The normalized spacial score (nSPS) is 22.2. The Kier molecular flexibility index (Phi) is 4.95. The highest BCUT2D eigenvalue weighted by Crippen LogP contribution is 2.22. The summed E-state index contributed by atoms with van der Waals surface area (Å²) in [4.78, 5) is 27.5. The monoisotopic (exact) mass is 319 g/mol. The van der Waals surface area contributed by atoms with Gasteiger partial charge in [-0.2, -0.15) is 5.10 Å². The average Bonchev–Trinajstić information content (AvgIpc) is 3.04. The van der Waals surface area contributed by atoms with Crippen LogP contribution in [0.2, 0.25) is 0 Å². The maximum absolute atomic E-state index is 12.5. The first-order valence-electron chi connectivity index (χ1n) is 8.41. The van der Waals surface area contributed by atoms with E-state index in [-0.39, 0.29) is 11.8 Å². The number of hydrogen-bond acceptors (Lipinski definition) is 4. The fourth-order valence-electron chi connectivity index (χ4n) is 3.42. The van der Waals surface area contributed by atoms with Crippen molar-refractivity contribution < 1.29 is 9.59 Å². The summed E-state index contributed by atoms with van der Waals surface area (Å²) in [5.41, 5.74) is 1.15. The fourth-order valence-corrected chi connectivity index (χ4v) is 3.42. The summed E-state index contributed by atoms with van der Waals surface area (Å²) < 4.78 is 1.84. The third-order valence-corrected chi connectivity index (χ3v) is 4.83. The van der Waals surface area contributed by atoms with Crippen molar-refractivity contribution in [1.82, 2.24) is 24.9 Å². The van der Waals surface area contributed by atoms with Gasteiger partial charge in [0.05, 0.1) is 0 Å². The maximum Gasteiger partial charge on any atom is 0.244 e. The molecule has 1 aromatic heterocycles. The van der Waals surface area contributed by atoms with E-state index in [0.717, 1.165) is 31.6 Å². The molecule has 0 radical (unpaired) electrons. The first-order chi connectivity index (χ1) is 11.1. The molecule has 0 saturated carbocycles. The minimum Gasteiger partial charge on any atom is -0.339 e. The van der Waals surface area contributed by atoms with Gasteiger partial charge in [-0.05, 0) is 25.5 Å². The topological polar surface area (TPSA) is 70.5 Å². The zero-order chi connectivity index (χ0) is 16.2. The molecule has 1 unspecified atom stereocenters. The molecule has 0 aliphatic carbocycles. The number of carbonyl (C=O) groups is 2. The quantitative estimate of drug-likeness (QED) is 0.854. The van der Waals surface area contributed by atoms with Crippen molar-refractivity contribution in [1.29, 1.82) is 0 Å². The van der Waals surface area contributed by atoms with Gasteiger partial charge < -0.3 is 15.1 Å². The Morgan fingerprint density at radius 1 is 1.26 bits per heavy atom. The van der Waals surface area contributed by atoms with Crippen LogP contribution in [0, 0.1) is 0 Å². The van der Waals surface area contributed by atoms with Gasteiger partial charge in [-0.1, -0.05) is 0 Å². The summed E-state index contributed by atoms with van der Waals surface area (Å²) in [6.45, 7) is 6.37. The van der Waals surface area contributed by atoms with Crippen LogP contribution in [-0.4, -0.2) is 70.7 Å². The third kappa shape index (κ3) is 3.72. The number of nitrogens with zero attached hydrogens (tertiary/aromatic N) is 4. The Bertz CT molecular complexity index is 557. The molecule has 1 N–H and O–H groups in total. The molecule has 3 heterocycles. The first-order valence-corrected chi connectivity index (χ1v) is 8.41. The smallest absolute Gasteiger partial charge is 0.244 e. The molecular weight excluding hydrogens is 294 g/mol. The number of rotatable bonds is 3. The summed E-state index contributed by atoms with van der Waals surface area (Å²) >= 11 is 0. The van der Waals surface area contributed by atoms with Gasteiger partial charge in [-0.15, -0.1) is 0 Å². The van der Waals surface area contributed by atoms with Crippen molar-refractivity contribution in [2.45, 2.75) is 32.2 Å².